The van der Waals surface area contributed by atoms with Gasteiger partial charge in [0.05, 0.1) is 0 Å². The van der Waals surface area contributed by atoms with Crippen molar-refractivity contribution in [2.75, 3.05) is 32.0 Å². The van der Waals surface area contributed by atoms with Gasteiger partial charge in [-0.25, -0.2) is 0 Å². The maximum absolute atomic E-state index is 12.7. The molecule has 1 fully saturated rings. The number of carbonyl (C=O) groups is 1. The zero-order valence-electron chi connectivity index (χ0n) is 13.0. The lowest BCUT2D eigenvalue weighted by Crippen LogP contribution is -2.39. The molecule has 1 aliphatic rings. The summed E-state index contributed by atoms with van der Waals surface area (Å²) in [7, 11) is 1.83. The lowest BCUT2D eigenvalue weighted by Gasteiger charge is -2.31. The van der Waals surface area contributed by atoms with Crippen molar-refractivity contribution < 1.29 is 4.79 Å². The van der Waals surface area contributed by atoms with Crippen LogP contribution in [0.4, 0.5) is 5.69 Å². The quantitative estimate of drug-likeness (QED) is 0.624. The third-order valence-corrected chi connectivity index (χ3v) is 4.18. The molecule has 0 bridgehead atoms. The maximum Gasteiger partial charge on any atom is 0.167 e. The van der Waals surface area contributed by atoms with Crippen molar-refractivity contribution in [3.63, 3.8) is 0 Å². The minimum absolute atomic E-state index is 0.101. The van der Waals surface area contributed by atoms with E-state index < -0.39 is 0 Å². The van der Waals surface area contributed by atoms with Gasteiger partial charge in [-0.1, -0.05) is 6.92 Å². The monoisotopic (exact) mass is 287 g/mol. The summed E-state index contributed by atoms with van der Waals surface area (Å²) in [6.45, 7) is 5.24. The summed E-state index contributed by atoms with van der Waals surface area (Å²) in [5, 5.41) is 10.5. The molecule has 0 aromatic heterocycles. The smallest absolute Gasteiger partial charge is 0.167 e. The molecule has 1 atom stereocenters. The fourth-order valence-corrected chi connectivity index (χ4v) is 3.09. The molecule has 0 aliphatic carbocycles. The number of ketones is 1. The van der Waals surface area contributed by atoms with Gasteiger partial charge in [0.15, 0.2) is 5.78 Å². The van der Waals surface area contributed by atoms with Gasteiger partial charge in [0.1, 0.15) is 0 Å². The number of Topliss-reactive ketones (excluding diaryl/α,β-unsaturated/α-hetero) is 1. The van der Waals surface area contributed by atoms with E-state index in [0.29, 0.717) is 0 Å². The molecule has 1 saturated heterocycles. The van der Waals surface area contributed by atoms with Gasteiger partial charge in [-0.05, 0) is 50.6 Å². The molecule has 1 aliphatic heterocycles. The van der Waals surface area contributed by atoms with Gasteiger partial charge >= 0.3 is 0 Å². The van der Waals surface area contributed by atoms with Gasteiger partial charge in [-0.3, -0.25) is 4.79 Å². The maximum atomic E-state index is 12.7. The Kier molecular flexibility index (Phi) is 5.51. The molecule has 0 spiro atoms. The Hall–Kier alpha value is -1.68. The Balaban J connectivity index is 2.14. The SMILES string of the molecule is CCCN1CCCC(C(=O)c2ccc(NC)c(C=N)c2)C1. The number of likely N-dealkylation sites (tertiary alicyclic amines) is 1. The number of nitrogens with one attached hydrogen (secondary N) is 2. The van der Waals surface area contributed by atoms with Crippen LogP contribution in [0, 0.1) is 11.3 Å². The first-order chi connectivity index (χ1) is 10.2. The van der Waals surface area contributed by atoms with Crippen LogP contribution in [0.25, 0.3) is 0 Å². The predicted molar refractivity (Wildman–Crippen MR) is 87.7 cm³/mol. The molecule has 0 radical (unpaired) electrons. The minimum atomic E-state index is 0.101. The highest BCUT2D eigenvalue weighted by Gasteiger charge is 2.26. The van der Waals surface area contributed by atoms with E-state index in [2.05, 4.69) is 17.1 Å². The summed E-state index contributed by atoms with van der Waals surface area (Å²) >= 11 is 0. The van der Waals surface area contributed by atoms with Crippen LogP contribution in [0.2, 0.25) is 0 Å². The Morgan fingerprint density at radius 3 is 3.00 bits per heavy atom. The summed E-state index contributed by atoms with van der Waals surface area (Å²) in [5.74, 6) is 0.325. The summed E-state index contributed by atoms with van der Waals surface area (Å²) in [6.07, 6.45) is 4.51. The van der Waals surface area contributed by atoms with Crippen molar-refractivity contribution >= 4 is 17.7 Å². The predicted octanol–water partition coefficient (Wildman–Crippen LogP) is 3.03. The van der Waals surface area contributed by atoms with Gasteiger partial charge in [0, 0.05) is 42.5 Å². The van der Waals surface area contributed by atoms with Crippen molar-refractivity contribution in [3.05, 3.63) is 29.3 Å². The Labute approximate surface area is 127 Å². The van der Waals surface area contributed by atoms with E-state index in [1.807, 2.05) is 25.2 Å². The Bertz CT molecular complexity index is 511. The van der Waals surface area contributed by atoms with Crippen LogP contribution in [0.1, 0.15) is 42.1 Å². The molecular weight excluding hydrogens is 262 g/mol. The Morgan fingerprint density at radius 1 is 1.52 bits per heavy atom. The van der Waals surface area contributed by atoms with Crippen molar-refractivity contribution in [2.24, 2.45) is 5.92 Å². The molecule has 1 aromatic carbocycles. The van der Waals surface area contributed by atoms with E-state index in [-0.39, 0.29) is 11.7 Å². The lowest BCUT2D eigenvalue weighted by molar-refractivity contribution is 0.0820. The molecule has 0 amide bonds. The van der Waals surface area contributed by atoms with Crippen LogP contribution < -0.4 is 5.32 Å². The molecule has 114 valence electrons. The molecule has 1 heterocycles. The van der Waals surface area contributed by atoms with Gasteiger partial charge < -0.3 is 15.6 Å². The van der Waals surface area contributed by atoms with Crippen LogP contribution in [0.5, 0.6) is 0 Å². The number of rotatable bonds is 6. The molecule has 1 aromatic rings. The van der Waals surface area contributed by atoms with Gasteiger partial charge in [-0.15, -0.1) is 0 Å². The summed E-state index contributed by atoms with van der Waals surface area (Å²) < 4.78 is 0. The number of hydrogen-bond donors (Lipinski definition) is 2. The van der Waals surface area contributed by atoms with E-state index in [1.54, 1.807) is 0 Å². The van der Waals surface area contributed by atoms with Gasteiger partial charge in [0.2, 0.25) is 0 Å². The largest absolute Gasteiger partial charge is 0.388 e. The number of carbonyl (C=O) groups excluding carboxylic acids is 1. The molecule has 2 N–H and O–H groups in total. The first-order valence-electron chi connectivity index (χ1n) is 7.78. The summed E-state index contributed by atoms with van der Waals surface area (Å²) in [6, 6.07) is 5.60. The second kappa shape index (κ2) is 7.36. The minimum Gasteiger partial charge on any atom is -0.388 e. The standard InChI is InChI=1S/C17H25N3O/c1-3-8-20-9-4-5-14(12-20)17(21)13-6-7-16(19-2)15(10-13)11-18/h6-7,10-11,14,18-19H,3-5,8-9,12H2,1-2H3. The highest BCUT2D eigenvalue weighted by Crippen LogP contribution is 2.23. The number of hydrogen-bond acceptors (Lipinski definition) is 4. The third kappa shape index (κ3) is 3.70. The van der Waals surface area contributed by atoms with Gasteiger partial charge in [-0.2, -0.15) is 0 Å². The van der Waals surface area contributed by atoms with Crippen molar-refractivity contribution in [1.82, 2.24) is 4.90 Å². The number of nitrogens with zero attached hydrogens (tertiary/aromatic N) is 1. The summed E-state index contributed by atoms with van der Waals surface area (Å²) in [4.78, 5) is 15.1. The molecule has 4 heteroatoms. The molecule has 21 heavy (non-hydrogen) atoms. The average Bonchev–Trinajstić information content (AvgIpc) is 2.54. The van der Waals surface area contributed by atoms with Crippen molar-refractivity contribution in [2.45, 2.75) is 26.2 Å². The average molecular weight is 287 g/mol. The van der Waals surface area contributed by atoms with Crippen LogP contribution in [0.3, 0.4) is 0 Å². The molecular formula is C17H25N3O. The first kappa shape index (κ1) is 15.7. The topological polar surface area (TPSA) is 56.2 Å². The highest BCUT2D eigenvalue weighted by atomic mass is 16.1. The number of anilines is 1. The third-order valence-electron chi connectivity index (χ3n) is 4.18. The zero-order valence-corrected chi connectivity index (χ0v) is 13.0. The fourth-order valence-electron chi connectivity index (χ4n) is 3.09. The van der Waals surface area contributed by atoms with E-state index in [0.717, 1.165) is 55.7 Å². The van der Waals surface area contributed by atoms with E-state index in [1.165, 1.54) is 6.21 Å². The second-order valence-electron chi connectivity index (χ2n) is 5.70. The highest BCUT2D eigenvalue weighted by molar-refractivity contribution is 6.00. The normalized spacial score (nSPS) is 19.2. The van der Waals surface area contributed by atoms with E-state index >= 15 is 0 Å². The Morgan fingerprint density at radius 2 is 2.33 bits per heavy atom. The number of benzene rings is 1. The van der Waals surface area contributed by atoms with Crippen molar-refractivity contribution in [3.8, 4) is 0 Å². The van der Waals surface area contributed by atoms with E-state index in [4.69, 9.17) is 5.41 Å². The first-order valence-corrected chi connectivity index (χ1v) is 7.78. The lowest BCUT2D eigenvalue weighted by atomic mass is 9.89. The van der Waals surface area contributed by atoms with Crippen LogP contribution in [-0.2, 0) is 0 Å². The summed E-state index contributed by atoms with van der Waals surface area (Å²) in [5.41, 5.74) is 2.39. The zero-order chi connectivity index (χ0) is 15.2. The van der Waals surface area contributed by atoms with E-state index in [9.17, 15) is 4.79 Å². The molecule has 4 nitrogen and oxygen atoms in total. The second-order valence-corrected chi connectivity index (χ2v) is 5.70. The molecule has 1 unspecified atom stereocenters. The fraction of sp³-hybridized carbons (Fsp3) is 0.529. The van der Waals surface area contributed by atoms with Crippen molar-refractivity contribution in [1.29, 1.82) is 5.41 Å². The van der Waals surface area contributed by atoms with Gasteiger partial charge in [0.25, 0.3) is 0 Å². The van der Waals surface area contributed by atoms with Crippen LogP contribution >= 0.6 is 0 Å². The van der Waals surface area contributed by atoms with Crippen LogP contribution in [-0.4, -0.2) is 43.6 Å². The molecule has 2 rings (SSSR count). The number of piperidine rings is 1. The molecule has 0 saturated carbocycles. The van der Waals surface area contributed by atoms with Crippen LogP contribution in [0.15, 0.2) is 18.2 Å².